The zero-order chi connectivity index (χ0) is 23.3. The molecule has 0 bridgehead atoms. The highest BCUT2D eigenvalue weighted by Crippen LogP contribution is 2.42. The van der Waals surface area contributed by atoms with E-state index in [0.717, 1.165) is 5.69 Å². The summed E-state index contributed by atoms with van der Waals surface area (Å²) in [5.74, 6) is 0.283. The molecule has 4 aromatic rings. The molecule has 164 valence electrons. The van der Waals surface area contributed by atoms with Crippen molar-refractivity contribution in [3.8, 4) is 17.3 Å². The van der Waals surface area contributed by atoms with Crippen LogP contribution in [0.2, 0.25) is 0 Å². The number of H-pyrrole nitrogens is 2. The van der Waals surface area contributed by atoms with E-state index < -0.39 is 18.9 Å². The van der Waals surface area contributed by atoms with E-state index in [1.54, 1.807) is 13.0 Å². The van der Waals surface area contributed by atoms with Gasteiger partial charge in [-0.2, -0.15) is 23.5 Å². The Balaban J connectivity index is 1.94. The molecule has 32 heavy (non-hydrogen) atoms. The van der Waals surface area contributed by atoms with Gasteiger partial charge in [0, 0.05) is 35.1 Å². The lowest BCUT2D eigenvalue weighted by Gasteiger charge is -2.14. The van der Waals surface area contributed by atoms with Gasteiger partial charge in [0.1, 0.15) is 12.7 Å². The van der Waals surface area contributed by atoms with Crippen molar-refractivity contribution in [2.75, 3.05) is 18.6 Å². The monoisotopic (exact) mass is 459 g/mol. The number of fused-ring (bicyclic) bond motifs is 1. The molecule has 0 fully saturated rings. The first-order chi connectivity index (χ1) is 15.0. The molecule has 1 aromatic carbocycles. The summed E-state index contributed by atoms with van der Waals surface area (Å²) in [5, 5.41) is 19.6. The molecule has 12 heteroatoms. The van der Waals surface area contributed by atoms with Crippen LogP contribution in [0.4, 0.5) is 24.9 Å². The zero-order valence-electron chi connectivity index (χ0n) is 17.2. The van der Waals surface area contributed by atoms with Crippen molar-refractivity contribution < 1.29 is 17.7 Å². The van der Waals surface area contributed by atoms with E-state index in [-0.39, 0.29) is 28.1 Å². The third-order valence-electron chi connectivity index (χ3n) is 4.78. The number of benzene rings is 1. The van der Waals surface area contributed by atoms with Gasteiger partial charge in [-0.1, -0.05) is 6.07 Å². The number of nitrogens with one attached hydrogen (secondary N) is 3. The number of anilines is 2. The minimum atomic E-state index is -4.71. The van der Waals surface area contributed by atoms with E-state index in [1.807, 2.05) is 6.07 Å². The summed E-state index contributed by atoms with van der Waals surface area (Å²) in [6.07, 6.45) is -2.64. The van der Waals surface area contributed by atoms with Gasteiger partial charge in [0.15, 0.2) is 5.82 Å². The summed E-state index contributed by atoms with van der Waals surface area (Å²) >= 11 is 0. The highest BCUT2D eigenvalue weighted by Gasteiger charge is 2.36. The van der Waals surface area contributed by atoms with Gasteiger partial charge in [0.05, 0.1) is 28.1 Å². The molecule has 0 saturated heterocycles. The average molecular weight is 459 g/mol. The Morgan fingerprint density at radius 1 is 1.25 bits per heavy atom. The van der Waals surface area contributed by atoms with Crippen molar-refractivity contribution in [2.45, 2.75) is 13.1 Å². The average Bonchev–Trinajstić information content (AvgIpc) is 3.31. The fraction of sp³-hybridized carbons (Fsp3) is 0.200. The lowest BCUT2D eigenvalue weighted by molar-refractivity contribution is -0.137. The Morgan fingerprint density at radius 2 is 2.00 bits per heavy atom. The number of alkyl halides is 3. The van der Waals surface area contributed by atoms with Crippen molar-refractivity contribution >= 4 is 35.1 Å². The number of rotatable bonds is 4. The molecule has 3 N–H and O–H groups in total. The van der Waals surface area contributed by atoms with Crippen LogP contribution in [0.25, 0.3) is 22.2 Å². The van der Waals surface area contributed by atoms with Crippen LogP contribution in [-0.2, 0) is 10.7 Å². The van der Waals surface area contributed by atoms with Crippen molar-refractivity contribution in [1.82, 2.24) is 25.1 Å². The second-order valence-corrected chi connectivity index (χ2v) is 10.7. The van der Waals surface area contributed by atoms with Gasteiger partial charge in [0.2, 0.25) is 5.95 Å². The number of nitriles is 1. The molecular weight excluding hydrogens is 442 g/mol. The molecule has 4 rings (SSSR count). The molecule has 0 unspecified atom stereocenters. The second-order valence-electron chi connectivity index (χ2n) is 7.56. The van der Waals surface area contributed by atoms with Gasteiger partial charge in [-0.15, -0.1) is 0 Å². The van der Waals surface area contributed by atoms with Crippen molar-refractivity contribution in [3.05, 3.63) is 47.4 Å². The minimum Gasteiger partial charge on any atom is -0.360 e. The van der Waals surface area contributed by atoms with Gasteiger partial charge < -0.3 is 14.9 Å². The van der Waals surface area contributed by atoms with Crippen LogP contribution in [0.1, 0.15) is 16.8 Å². The van der Waals surface area contributed by atoms with Crippen LogP contribution >= 0.6 is 7.14 Å². The first-order valence-electron chi connectivity index (χ1n) is 9.32. The Labute approximate surface area is 180 Å². The van der Waals surface area contributed by atoms with Crippen LogP contribution in [0.15, 0.2) is 30.6 Å². The molecule has 3 heterocycles. The number of halogens is 3. The summed E-state index contributed by atoms with van der Waals surface area (Å²) < 4.78 is 54.2. The molecule has 8 nitrogen and oxygen atoms in total. The number of aromatic nitrogens is 5. The second kappa shape index (κ2) is 7.50. The lowest BCUT2D eigenvalue weighted by atomic mass is 10.0. The Bertz CT molecular complexity index is 1430. The standard InChI is InChI=1S/C20H17F3N7OP/c1-10-6-15(30-29-10)27-19-26-9-14(20(21,22)23)16(28-19)13-8-25-17-12(13)5-4-11(7-24)18(17)32(2,3)31/h4-6,8-9,25H,1-3H3,(H2,26,27,28,29,30). The van der Waals surface area contributed by atoms with E-state index in [1.165, 1.54) is 31.7 Å². The topological polar surface area (TPSA) is 123 Å². The third-order valence-corrected chi connectivity index (χ3v) is 6.32. The molecule has 0 aliphatic rings. The summed E-state index contributed by atoms with van der Waals surface area (Å²) in [7, 11) is -2.93. The van der Waals surface area contributed by atoms with E-state index in [4.69, 9.17) is 0 Å². The van der Waals surface area contributed by atoms with Crippen LogP contribution < -0.4 is 10.6 Å². The quantitative estimate of drug-likeness (QED) is 0.385. The molecule has 0 radical (unpaired) electrons. The number of hydrogen-bond donors (Lipinski definition) is 3. The third kappa shape index (κ3) is 3.85. The largest absolute Gasteiger partial charge is 0.419 e. The zero-order valence-corrected chi connectivity index (χ0v) is 18.1. The first-order valence-corrected chi connectivity index (χ1v) is 11.9. The normalized spacial score (nSPS) is 12.2. The molecule has 0 amide bonds. The first kappa shape index (κ1) is 21.6. The summed E-state index contributed by atoms with van der Waals surface area (Å²) in [6.45, 7) is 4.78. The lowest BCUT2D eigenvalue weighted by Crippen LogP contribution is -2.11. The van der Waals surface area contributed by atoms with E-state index >= 15 is 0 Å². The van der Waals surface area contributed by atoms with Crippen LogP contribution in [-0.4, -0.2) is 38.5 Å². The minimum absolute atomic E-state index is 0.0700. The maximum absolute atomic E-state index is 13.8. The molecule has 0 aliphatic heterocycles. The van der Waals surface area contributed by atoms with E-state index in [9.17, 15) is 23.0 Å². The van der Waals surface area contributed by atoms with Crippen LogP contribution in [0, 0.1) is 18.3 Å². The molecule has 0 aliphatic carbocycles. The highest BCUT2D eigenvalue weighted by molar-refractivity contribution is 7.70. The van der Waals surface area contributed by atoms with Crippen molar-refractivity contribution in [3.63, 3.8) is 0 Å². The van der Waals surface area contributed by atoms with Crippen LogP contribution in [0.5, 0.6) is 0 Å². The van der Waals surface area contributed by atoms with Crippen LogP contribution in [0.3, 0.4) is 0 Å². The maximum atomic E-state index is 13.8. The Kier molecular flexibility index (Phi) is 5.06. The van der Waals surface area contributed by atoms with Gasteiger partial charge in [-0.05, 0) is 26.3 Å². The number of aryl methyl sites for hydroxylation is 1. The van der Waals surface area contributed by atoms with Gasteiger partial charge in [-0.3, -0.25) is 5.10 Å². The number of nitrogens with zero attached hydrogens (tertiary/aromatic N) is 4. The molecule has 0 saturated carbocycles. The SMILES string of the molecule is Cc1cc(Nc2ncc(C(F)(F)F)c(-c3c[nH]c4c(P(C)(C)=O)c(C#N)ccc34)n2)n[nH]1. The van der Waals surface area contributed by atoms with Gasteiger partial charge >= 0.3 is 6.18 Å². The predicted octanol–water partition coefficient (Wildman–Crippen LogP) is 4.54. The predicted molar refractivity (Wildman–Crippen MR) is 115 cm³/mol. The number of hydrogen-bond acceptors (Lipinski definition) is 6. The van der Waals surface area contributed by atoms with E-state index in [2.05, 4.69) is 30.5 Å². The maximum Gasteiger partial charge on any atom is 0.419 e. The number of aromatic amines is 2. The van der Waals surface area contributed by atoms with E-state index in [0.29, 0.717) is 22.9 Å². The molecule has 0 spiro atoms. The Morgan fingerprint density at radius 3 is 2.59 bits per heavy atom. The van der Waals surface area contributed by atoms with Crippen molar-refractivity contribution in [2.24, 2.45) is 0 Å². The fourth-order valence-corrected chi connectivity index (χ4v) is 4.91. The summed E-state index contributed by atoms with van der Waals surface area (Å²) in [6, 6.07) is 6.63. The molecule has 0 atom stereocenters. The van der Waals surface area contributed by atoms with Crippen molar-refractivity contribution in [1.29, 1.82) is 5.26 Å². The highest BCUT2D eigenvalue weighted by atomic mass is 31.2. The molecule has 3 aromatic heterocycles. The Hall–Kier alpha value is -3.64. The summed E-state index contributed by atoms with van der Waals surface area (Å²) in [5.41, 5.74) is 0.0667. The smallest absolute Gasteiger partial charge is 0.360 e. The molecular formula is C20H17F3N7OP. The van der Waals surface area contributed by atoms with Gasteiger partial charge in [0.25, 0.3) is 0 Å². The fourth-order valence-electron chi connectivity index (χ4n) is 3.48. The van der Waals surface area contributed by atoms with Gasteiger partial charge in [-0.25, -0.2) is 9.97 Å². The summed E-state index contributed by atoms with van der Waals surface area (Å²) in [4.78, 5) is 10.8.